The summed E-state index contributed by atoms with van der Waals surface area (Å²) < 4.78 is 6.69. The molecule has 4 heteroatoms. The summed E-state index contributed by atoms with van der Waals surface area (Å²) >= 11 is 3.58. The Bertz CT molecular complexity index is 428. The van der Waals surface area contributed by atoms with Gasteiger partial charge in [0.25, 0.3) is 0 Å². The second kappa shape index (κ2) is 6.73. The molecule has 0 aromatic heterocycles. The van der Waals surface area contributed by atoms with Gasteiger partial charge in [-0.15, -0.1) is 0 Å². The first-order chi connectivity index (χ1) is 9.13. The third-order valence-electron chi connectivity index (χ3n) is 3.83. The van der Waals surface area contributed by atoms with Crippen LogP contribution in [0.4, 0.5) is 0 Å². The van der Waals surface area contributed by atoms with E-state index in [1.54, 1.807) is 7.11 Å². The smallest absolute Gasteiger partial charge is 0.126 e. The Labute approximate surface area is 124 Å². The van der Waals surface area contributed by atoms with Crippen molar-refractivity contribution in [3.05, 3.63) is 27.7 Å². The Hall–Kier alpha value is -0.580. The van der Waals surface area contributed by atoms with Crippen LogP contribution in [0.2, 0.25) is 0 Å². The van der Waals surface area contributed by atoms with E-state index in [4.69, 9.17) is 4.74 Å². The highest BCUT2D eigenvalue weighted by molar-refractivity contribution is 9.10. The highest BCUT2D eigenvalue weighted by atomic mass is 79.9. The molecule has 1 saturated heterocycles. The molecule has 0 bridgehead atoms. The Morgan fingerprint density at radius 1 is 1.16 bits per heavy atom. The molecule has 1 aliphatic rings. The minimum Gasteiger partial charge on any atom is -0.496 e. The topological polar surface area (TPSA) is 15.7 Å². The van der Waals surface area contributed by atoms with E-state index in [-0.39, 0.29) is 0 Å². The Kier molecular flexibility index (Phi) is 5.25. The number of halogens is 1. The summed E-state index contributed by atoms with van der Waals surface area (Å²) in [7, 11) is 1.76. The van der Waals surface area contributed by atoms with Gasteiger partial charge in [0, 0.05) is 42.8 Å². The normalized spacial score (nSPS) is 17.7. The largest absolute Gasteiger partial charge is 0.496 e. The SMILES string of the molecule is CCN1CCN(Cc2cc(Br)cc(C)c2OC)CC1. The molecule has 0 radical (unpaired) electrons. The molecule has 0 unspecified atom stereocenters. The lowest BCUT2D eigenvalue weighted by Gasteiger charge is -2.34. The summed E-state index contributed by atoms with van der Waals surface area (Å²) in [5, 5.41) is 0. The van der Waals surface area contributed by atoms with Gasteiger partial charge >= 0.3 is 0 Å². The lowest BCUT2D eigenvalue weighted by molar-refractivity contribution is 0.131. The first-order valence-corrected chi connectivity index (χ1v) is 7.71. The van der Waals surface area contributed by atoms with Gasteiger partial charge in [0.2, 0.25) is 0 Å². The van der Waals surface area contributed by atoms with Crippen LogP contribution in [0.15, 0.2) is 16.6 Å². The van der Waals surface area contributed by atoms with Crippen molar-refractivity contribution in [1.82, 2.24) is 9.80 Å². The maximum absolute atomic E-state index is 5.56. The predicted molar refractivity (Wildman–Crippen MR) is 82.8 cm³/mol. The predicted octanol–water partition coefficient (Wildman–Crippen LogP) is 2.90. The van der Waals surface area contributed by atoms with Crippen LogP contribution in [-0.4, -0.2) is 49.6 Å². The second-order valence-electron chi connectivity index (χ2n) is 5.13. The summed E-state index contributed by atoms with van der Waals surface area (Å²) in [6.45, 7) is 11.1. The fourth-order valence-electron chi connectivity index (χ4n) is 2.71. The van der Waals surface area contributed by atoms with Gasteiger partial charge in [-0.25, -0.2) is 0 Å². The van der Waals surface area contributed by atoms with Crippen LogP contribution in [0.3, 0.4) is 0 Å². The molecule has 0 aliphatic carbocycles. The number of benzene rings is 1. The standard InChI is InChI=1S/C15H23BrN2O/c1-4-17-5-7-18(8-6-17)11-13-10-14(16)9-12(2)15(13)19-3/h9-10H,4-8,11H2,1-3H3. The average Bonchev–Trinajstić information content (AvgIpc) is 2.39. The lowest BCUT2D eigenvalue weighted by atomic mass is 10.1. The molecule has 19 heavy (non-hydrogen) atoms. The molecular weight excluding hydrogens is 304 g/mol. The van der Waals surface area contributed by atoms with Crippen molar-refractivity contribution < 1.29 is 4.74 Å². The summed E-state index contributed by atoms with van der Waals surface area (Å²) in [5.41, 5.74) is 2.47. The number of nitrogens with zero attached hydrogens (tertiary/aromatic N) is 2. The van der Waals surface area contributed by atoms with E-state index in [1.807, 2.05) is 0 Å². The molecule has 1 fully saturated rings. The van der Waals surface area contributed by atoms with E-state index in [0.717, 1.165) is 36.4 Å². The molecule has 0 atom stereocenters. The van der Waals surface area contributed by atoms with Crippen molar-refractivity contribution in [3.63, 3.8) is 0 Å². The lowest BCUT2D eigenvalue weighted by Crippen LogP contribution is -2.45. The molecular formula is C15H23BrN2O. The van der Waals surface area contributed by atoms with E-state index in [2.05, 4.69) is 51.7 Å². The average molecular weight is 327 g/mol. The quantitative estimate of drug-likeness (QED) is 0.846. The number of methoxy groups -OCH3 is 1. The van der Waals surface area contributed by atoms with Crippen LogP contribution in [0.5, 0.6) is 5.75 Å². The highest BCUT2D eigenvalue weighted by Crippen LogP contribution is 2.29. The van der Waals surface area contributed by atoms with Gasteiger partial charge < -0.3 is 9.64 Å². The van der Waals surface area contributed by atoms with E-state index < -0.39 is 0 Å². The molecule has 1 aromatic rings. The number of aryl methyl sites for hydroxylation is 1. The zero-order chi connectivity index (χ0) is 13.8. The number of ether oxygens (including phenoxy) is 1. The summed E-state index contributed by atoms with van der Waals surface area (Å²) in [6.07, 6.45) is 0. The second-order valence-corrected chi connectivity index (χ2v) is 6.04. The number of hydrogen-bond donors (Lipinski definition) is 0. The zero-order valence-corrected chi connectivity index (χ0v) is 13.7. The Morgan fingerprint density at radius 2 is 1.79 bits per heavy atom. The molecule has 0 amide bonds. The molecule has 0 spiro atoms. The third kappa shape index (κ3) is 3.71. The maximum atomic E-state index is 5.56. The summed E-state index contributed by atoms with van der Waals surface area (Å²) in [5.74, 6) is 1.03. The minimum atomic E-state index is 0.973. The number of hydrogen-bond acceptors (Lipinski definition) is 3. The zero-order valence-electron chi connectivity index (χ0n) is 12.1. The monoisotopic (exact) mass is 326 g/mol. The minimum absolute atomic E-state index is 0.973. The maximum Gasteiger partial charge on any atom is 0.126 e. The van der Waals surface area contributed by atoms with Crippen molar-refractivity contribution in [1.29, 1.82) is 0 Å². The number of likely N-dealkylation sites (N-methyl/N-ethyl adjacent to an activating group) is 1. The van der Waals surface area contributed by atoms with Crippen LogP contribution < -0.4 is 4.74 Å². The van der Waals surface area contributed by atoms with E-state index in [1.165, 1.54) is 24.2 Å². The highest BCUT2D eigenvalue weighted by Gasteiger charge is 2.17. The van der Waals surface area contributed by atoms with Crippen LogP contribution >= 0.6 is 15.9 Å². The van der Waals surface area contributed by atoms with Crippen LogP contribution in [0.25, 0.3) is 0 Å². The van der Waals surface area contributed by atoms with Crippen molar-refractivity contribution in [2.24, 2.45) is 0 Å². The van der Waals surface area contributed by atoms with E-state index >= 15 is 0 Å². The molecule has 2 rings (SSSR count). The van der Waals surface area contributed by atoms with E-state index in [9.17, 15) is 0 Å². The number of piperazine rings is 1. The van der Waals surface area contributed by atoms with Gasteiger partial charge in [0.15, 0.2) is 0 Å². The van der Waals surface area contributed by atoms with Crippen molar-refractivity contribution >= 4 is 15.9 Å². The van der Waals surface area contributed by atoms with Gasteiger partial charge in [-0.1, -0.05) is 22.9 Å². The molecule has 0 N–H and O–H groups in total. The first kappa shape index (κ1) is 14.8. The Morgan fingerprint density at radius 3 is 2.37 bits per heavy atom. The van der Waals surface area contributed by atoms with Crippen LogP contribution in [0.1, 0.15) is 18.1 Å². The first-order valence-electron chi connectivity index (χ1n) is 6.91. The van der Waals surface area contributed by atoms with Crippen molar-refractivity contribution in [2.75, 3.05) is 39.8 Å². The van der Waals surface area contributed by atoms with Gasteiger partial charge in [0.1, 0.15) is 5.75 Å². The molecule has 106 valence electrons. The van der Waals surface area contributed by atoms with Crippen molar-refractivity contribution in [2.45, 2.75) is 20.4 Å². The van der Waals surface area contributed by atoms with Gasteiger partial charge in [-0.3, -0.25) is 4.90 Å². The molecule has 1 aliphatic heterocycles. The molecule has 1 heterocycles. The molecule has 3 nitrogen and oxygen atoms in total. The summed E-state index contributed by atoms with van der Waals surface area (Å²) in [4.78, 5) is 5.01. The fourth-order valence-corrected chi connectivity index (χ4v) is 3.33. The third-order valence-corrected chi connectivity index (χ3v) is 4.28. The number of rotatable bonds is 4. The van der Waals surface area contributed by atoms with Gasteiger partial charge in [-0.2, -0.15) is 0 Å². The van der Waals surface area contributed by atoms with Gasteiger partial charge in [-0.05, 0) is 31.2 Å². The van der Waals surface area contributed by atoms with Crippen LogP contribution in [-0.2, 0) is 6.54 Å². The van der Waals surface area contributed by atoms with E-state index in [0.29, 0.717) is 0 Å². The summed E-state index contributed by atoms with van der Waals surface area (Å²) in [6, 6.07) is 4.29. The Balaban J connectivity index is 2.07. The fraction of sp³-hybridized carbons (Fsp3) is 0.600. The van der Waals surface area contributed by atoms with Crippen molar-refractivity contribution in [3.8, 4) is 5.75 Å². The molecule has 0 saturated carbocycles. The van der Waals surface area contributed by atoms with Crippen LogP contribution in [0, 0.1) is 6.92 Å². The van der Waals surface area contributed by atoms with Gasteiger partial charge in [0.05, 0.1) is 7.11 Å². The molecule has 1 aromatic carbocycles.